The van der Waals surface area contributed by atoms with Crippen molar-refractivity contribution in [3.05, 3.63) is 58.0 Å². The Bertz CT molecular complexity index is 1070. The maximum atomic E-state index is 12.9. The summed E-state index contributed by atoms with van der Waals surface area (Å²) in [5, 5.41) is 2.08. The molecule has 0 aliphatic heterocycles. The fourth-order valence-corrected chi connectivity index (χ4v) is 3.21. The van der Waals surface area contributed by atoms with Gasteiger partial charge in [-0.05, 0) is 36.4 Å². The van der Waals surface area contributed by atoms with Crippen molar-refractivity contribution in [3.8, 4) is 11.5 Å². The van der Waals surface area contributed by atoms with Crippen LogP contribution in [0.15, 0.2) is 45.2 Å². The smallest absolute Gasteiger partial charge is 0.263 e. The predicted molar refractivity (Wildman–Crippen MR) is 99.0 cm³/mol. The molecule has 0 amide bonds. The van der Waals surface area contributed by atoms with E-state index in [1.54, 1.807) is 36.4 Å². The molecule has 0 fully saturated rings. The second-order valence-corrected chi connectivity index (χ2v) is 6.35. The van der Waals surface area contributed by atoms with E-state index in [9.17, 15) is 4.79 Å². The Morgan fingerprint density at radius 1 is 0.808 bits per heavy atom. The first-order valence-electron chi connectivity index (χ1n) is 7.60. The van der Waals surface area contributed by atoms with Crippen molar-refractivity contribution in [2.24, 2.45) is 0 Å². The van der Waals surface area contributed by atoms with Gasteiger partial charge in [0.2, 0.25) is 0 Å². The molecule has 5 nitrogen and oxygen atoms in total. The Morgan fingerprint density at radius 2 is 1.23 bits per heavy atom. The van der Waals surface area contributed by atoms with Crippen LogP contribution in [0.2, 0.25) is 10.0 Å². The summed E-state index contributed by atoms with van der Waals surface area (Å²) >= 11 is 12.4. The number of halogens is 2. The van der Waals surface area contributed by atoms with Gasteiger partial charge >= 0.3 is 0 Å². The van der Waals surface area contributed by atoms with Crippen LogP contribution in [0.5, 0.6) is 11.5 Å². The molecule has 0 unspecified atom stereocenters. The molecule has 26 heavy (non-hydrogen) atoms. The molecule has 0 atom stereocenters. The molecule has 2 aromatic carbocycles. The number of hydrogen-bond acceptors (Lipinski definition) is 5. The highest BCUT2D eigenvalue weighted by molar-refractivity contribution is 6.36. The SMILES string of the molecule is COc1ccc(Cl)c2cc(C(=O)c3cc4c(Cl)ccc(OC)c4o3)oc12. The average molecular weight is 391 g/mol. The van der Waals surface area contributed by atoms with Gasteiger partial charge in [0, 0.05) is 10.8 Å². The van der Waals surface area contributed by atoms with E-state index < -0.39 is 5.78 Å². The Kier molecular flexibility index (Phi) is 4.05. The molecule has 0 radical (unpaired) electrons. The van der Waals surface area contributed by atoms with Crippen molar-refractivity contribution in [3.63, 3.8) is 0 Å². The minimum atomic E-state index is -0.436. The van der Waals surface area contributed by atoms with Crippen LogP contribution in [0.3, 0.4) is 0 Å². The molecule has 0 bridgehead atoms. The topological polar surface area (TPSA) is 61.8 Å². The number of rotatable bonds is 4. The van der Waals surface area contributed by atoms with Crippen molar-refractivity contribution in [2.45, 2.75) is 0 Å². The lowest BCUT2D eigenvalue weighted by Gasteiger charge is -2.00. The highest BCUT2D eigenvalue weighted by atomic mass is 35.5. The lowest BCUT2D eigenvalue weighted by molar-refractivity contribution is 0.0987. The summed E-state index contributed by atoms with van der Waals surface area (Å²) in [5.74, 6) is 0.699. The number of ketones is 1. The van der Waals surface area contributed by atoms with Crippen molar-refractivity contribution in [2.75, 3.05) is 14.2 Å². The summed E-state index contributed by atoms with van der Waals surface area (Å²) in [5.41, 5.74) is 0.796. The zero-order valence-electron chi connectivity index (χ0n) is 13.8. The average Bonchev–Trinajstić information content (AvgIpc) is 3.28. The van der Waals surface area contributed by atoms with Crippen molar-refractivity contribution in [1.82, 2.24) is 0 Å². The number of furan rings is 2. The third-order valence-corrected chi connectivity index (χ3v) is 4.73. The predicted octanol–water partition coefficient (Wildman–Crippen LogP) is 5.73. The number of carbonyl (C=O) groups is 1. The Hall–Kier alpha value is -2.63. The van der Waals surface area contributed by atoms with Crippen LogP contribution in [-0.2, 0) is 0 Å². The van der Waals surface area contributed by atoms with Crippen LogP contribution in [0.1, 0.15) is 16.3 Å². The summed E-state index contributed by atoms with van der Waals surface area (Å²) in [7, 11) is 3.03. The van der Waals surface area contributed by atoms with E-state index in [2.05, 4.69) is 0 Å². The van der Waals surface area contributed by atoms with E-state index in [-0.39, 0.29) is 11.5 Å². The van der Waals surface area contributed by atoms with Crippen LogP contribution in [0.25, 0.3) is 21.9 Å². The van der Waals surface area contributed by atoms with Gasteiger partial charge in [0.25, 0.3) is 5.78 Å². The maximum absolute atomic E-state index is 12.9. The molecule has 0 saturated heterocycles. The summed E-state index contributed by atoms with van der Waals surface area (Å²) in [6, 6.07) is 9.84. The third-order valence-electron chi connectivity index (χ3n) is 4.08. The molecule has 132 valence electrons. The Balaban J connectivity index is 1.86. The maximum Gasteiger partial charge on any atom is 0.263 e. The van der Waals surface area contributed by atoms with Crippen LogP contribution in [0, 0.1) is 0 Å². The minimum Gasteiger partial charge on any atom is -0.493 e. The van der Waals surface area contributed by atoms with E-state index in [4.69, 9.17) is 41.5 Å². The first kappa shape index (κ1) is 16.8. The number of carbonyl (C=O) groups excluding carboxylic acids is 1. The van der Waals surface area contributed by atoms with Gasteiger partial charge in [-0.25, -0.2) is 0 Å². The summed E-state index contributed by atoms with van der Waals surface area (Å²) in [6.07, 6.45) is 0. The van der Waals surface area contributed by atoms with Gasteiger partial charge in [0.1, 0.15) is 0 Å². The van der Waals surface area contributed by atoms with Crippen LogP contribution >= 0.6 is 23.2 Å². The van der Waals surface area contributed by atoms with E-state index in [0.29, 0.717) is 43.5 Å². The van der Waals surface area contributed by atoms with E-state index in [1.165, 1.54) is 14.2 Å². The number of benzene rings is 2. The zero-order valence-corrected chi connectivity index (χ0v) is 15.3. The molecule has 0 aliphatic carbocycles. The van der Waals surface area contributed by atoms with Crippen molar-refractivity contribution >= 4 is 50.9 Å². The summed E-state index contributed by atoms with van der Waals surface area (Å²) in [4.78, 5) is 12.9. The molecular weight excluding hydrogens is 379 g/mol. The fourth-order valence-electron chi connectivity index (χ4n) is 2.80. The van der Waals surface area contributed by atoms with E-state index >= 15 is 0 Å². The van der Waals surface area contributed by atoms with Gasteiger partial charge in [0.15, 0.2) is 34.2 Å². The Morgan fingerprint density at radius 3 is 1.62 bits per heavy atom. The number of hydrogen-bond donors (Lipinski definition) is 0. The van der Waals surface area contributed by atoms with Gasteiger partial charge in [-0.2, -0.15) is 0 Å². The normalized spacial score (nSPS) is 11.2. The number of methoxy groups -OCH3 is 2. The number of fused-ring (bicyclic) bond motifs is 2. The zero-order chi connectivity index (χ0) is 18.4. The summed E-state index contributed by atoms with van der Waals surface area (Å²) < 4.78 is 21.9. The minimum absolute atomic E-state index is 0.0838. The van der Waals surface area contributed by atoms with Gasteiger partial charge in [-0.1, -0.05) is 23.2 Å². The fraction of sp³-hybridized carbons (Fsp3) is 0.105. The van der Waals surface area contributed by atoms with Crippen molar-refractivity contribution in [1.29, 1.82) is 0 Å². The van der Waals surface area contributed by atoms with Gasteiger partial charge in [-0.3, -0.25) is 4.79 Å². The summed E-state index contributed by atoms with van der Waals surface area (Å²) in [6.45, 7) is 0. The molecule has 4 rings (SSSR count). The molecule has 0 spiro atoms. The van der Waals surface area contributed by atoms with Crippen LogP contribution in [-0.4, -0.2) is 20.0 Å². The highest BCUT2D eigenvalue weighted by Gasteiger charge is 2.23. The molecule has 7 heteroatoms. The monoisotopic (exact) mass is 390 g/mol. The van der Waals surface area contributed by atoms with Crippen LogP contribution in [0.4, 0.5) is 0 Å². The second-order valence-electron chi connectivity index (χ2n) is 5.54. The molecular formula is C19H12Cl2O5. The lowest BCUT2D eigenvalue weighted by atomic mass is 10.2. The molecule has 4 aromatic rings. The van der Waals surface area contributed by atoms with E-state index in [0.717, 1.165) is 0 Å². The van der Waals surface area contributed by atoms with Gasteiger partial charge in [-0.15, -0.1) is 0 Å². The molecule has 0 aliphatic rings. The first-order chi connectivity index (χ1) is 12.5. The molecule has 0 N–H and O–H groups in total. The lowest BCUT2D eigenvalue weighted by Crippen LogP contribution is -1.96. The molecule has 2 aromatic heterocycles. The van der Waals surface area contributed by atoms with E-state index in [1.807, 2.05) is 0 Å². The molecule has 2 heterocycles. The third kappa shape index (κ3) is 2.52. The largest absolute Gasteiger partial charge is 0.493 e. The standard InChI is InChI=1S/C19H12Cl2O5/c1-23-13-5-3-11(20)9-7-15(25-18(9)13)17(22)16-8-10-12(21)4-6-14(24-2)19(10)26-16/h3-8H,1-2H3. The van der Waals surface area contributed by atoms with Crippen molar-refractivity contribution < 1.29 is 23.1 Å². The highest BCUT2D eigenvalue weighted by Crippen LogP contribution is 2.37. The number of ether oxygens (including phenoxy) is 2. The van der Waals surface area contributed by atoms with Crippen LogP contribution < -0.4 is 9.47 Å². The molecule has 0 saturated carbocycles. The quantitative estimate of drug-likeness (QED) is 0.416. The second kappa shape index (κ2) is 6.27. The Labute approximate surface area is 158 Å². The first-order valence-corrected chi connectivity index (χ1v) is 8.36. The van der Waals surface area contributed by atoms with Gasteiger partial charge < -0.3 is 18.3 Å². The van der Waals surface area contributed by atoms with Gasteiger partial charge in [0.05, 0.1) is 24.3 Å².